The topological polar surface area (TPSA) is 80.3 Å². The molecule has 0 heterocycles. The summed E-state index contributed by atoms with van der Waals surface area (Å²) < 4.78 is 50.2. The molecule has 1 aliphatic rings. The Hall–Kier alpha value is -0.920. The van der Waals surface area contributed by atoms with Gasteiger partial charge in [0, 0.05) is 12.3 Å². The van der Waals surface area contributed by atoms with E-state index in [4.69, 9.17) is 0 Å². The molecule has 0 spiro atoms. The summed E-state index contributed by atoms with van der Waals surface area (Å²) in [4.78, 5) is 0.235. The van der Waals surface area contributed by atoms with Gasteiger partial charge in [-0.3, -0.25) is 0 Å². The van der Waals surface area contributed by atoms with Crippen LogP contribution in [0.3, 0.4) is 0 Å². The van der Waals surface area contributed by atoms with E-state index in [-0.39, 0.29) is 22.6 Å². The molecule has 0 amide bonds. The van der Waals surface area contributed by atoms with E-state index < -0.39 is 19.9 Å². The first kappa shape index (κ1) is 18.4. The highest BCUT2D eigenvalue weighted by Crippen LogP contribution is 2.25. The van der Waals surface area contributed by atoms with Crippen molar-refractivity contribution in [2.75, 3.05) is 12.0 Å². The first-order chi connectivity index (χ1) is 10.7. The second-order valence-electron chi connectivity index (χ2n) is 6.47. The molecule has 1 aromatic carbocycles. The van der Waals surface area contributed by atoms with Gasteiger partial charge in [-0.1, -0.05) is 31.4 Å². The van der Waals surface area contributed by atoms with E-state index >= 15 is 0 Å². The molecule has 23 heavy (non-hydrogen) atoms. The Morgan fingerprint density at radius 3 is 2.13 bits per heavy atom. The number of sulfonamides is 1. The van der Waals surface area contributed by atoms with Crippen molar-refractivity contribution in [2.45, 2.75) is 50.0 Å². The predicted molar refractivity (Wildman–Crippen MR) is 91.5 cm³/mol. The summed E-state index contributed by atoms with van der Waals surface area (Å²) in [6.07, 6.45) is 6.55. The van der Waals surface area contributed by atoms with Crippen LogP contribution in [0, 0.1) is 5.92 Å². The first-order valence-corrected chi connectivity index (χ1v) is 11.5. The van der Waals surface area contributed by atoms with Gasteiger partial charge < -0.3 is 0 Å². The van der Waals surface area contributed by atoms with Crippen LogP contribution in [0.5, 0.6) is 0 Å². The minimum absolute atomic E-state index is 0.179. The lowest BCUT2D eigenvalue weighted by molar-refractivity contribution is 0.383. The Morgan fingerprint density at radius 2 is 1.61 bits per heavy atom. The quantitative estimate of drug-likeness (QED) is 0.847. The van der Waals surface area contributed by atoms with Crippen LogP contribution in [0.1, 0.15) is 50.6 Å². The third-order valence-electron chi connectivity index (χ3n) is 4.34. The fourth-order valence-electron chi connectivity index (χ4n) is 3.05. The van der Waals surface area contributed by atoms with Gasteiger partial charge in [0.15, 0.2) is 9.84 Å². The van der Waals surface area contributed by atoms with Crippen LogP contribution in [-0.2, 0) is 19.9 Å². The molecule has 0 unspecified atom stereocenters. The van der Waals surface area contributed by atoms with Crippen molar-refractivity contribution in [3.8, 4) is 0 Å². The van der Waals surface area contributed by atoms with Crippen LogP contribution < -0.4 is 4.72 Å². The maximum Gasteiger partial charge on any atom is 0.212 e. The molecular formula is C16H25NO4S2. The fraction of sp³-hybridized carbons (Fsp3) is 0.625. The summed E-state index contributed by atoms with van der Waals surface area (Å²) in [5.74, 6) is 0.430. The average molecular weight is 360 g/mol. The van der Waals surface area contributed by atoms with E-state index in [1.54, 1.807) is 19.1 Å². The average Bonchev–Trinajstić information content (AvgIpc) is 2.46. The van der Waals surface area contributed by atoms with Crippen LogP contribution in [0.4, 0.5) is 0 Å². The summed E-state index contributed by atoms with van der Waals surface area (Å²) in [6, 6.07) is 5.96. The SMILES string of the molecule is C[C@@H](NS(=O)(=O)CC1CCCCC1)c1ccc(S(C)(=O)=O)cc1. The van der Waals surface area contributed by atoms with Crippen molar-refractivity contribution in [3.05, 3.63) is 29.8 Å². The zero-order valence-electron chi connectivity index (χ0n) is 13.7. The Balaban J connectivity index is 2.01. The van der Waals surface area contributed by atoms with Crippen LogP contribution >= 0.6 is 0 Å². The minimum atomic E-state index is -3.34. The molecular weight excluding hydrogens is 334 g/mol. The Bertz CT molecular complexity index is 718. The molecule has 1 aromatic rings. The highest BCUT2D eigenvalue weighted by atomic mass is 32.2. The molecule has 5 nitrogen and oxygen atoms in total. The smallest absolute Gasteiger partial charge is 0.212 e. The molecule has 2 rings (SSSR count). The highest BCUT2D eigenvalue weighted by molar-refractivity contribution is 7.90. The standard InChI is InChI=1S/C16H25NO4S2/c1-13(15-8-10-16(11-9-15)22(2,18)19)17-23(20,21)12-14-6-4-3-5-7-14/h8-11,13-14,17H,3-7,12H2,1-2H3/t13-/m1/s1. The predicted octanol–water partition coefficient (Wildman–Crippen LogP) is 2.65. The van der Waals surface area contributed by atoms with Crippen molar-refractivity contribution in [1.82, 2.24) is 4.72 Å². The maximum atomic E-state index is 12.3. The molecule has 0 bridgehead atoms. The van der Waals surface area contributed by atoms with E-state index in [1.807, 2.05) is 0 Å². The summed E-state index contributed by atoms with van der Waals surface area (Å²) >= 11 is 0. The van der Waals surface area contributed by atoms with Gasteiger partial charge in [-0.25, -0.2) is 21.6 Å². The molecule has 0 aliphatic heterocycles. The van der Waals surface area contributed by atoms with Gasteiger partial charge in [0.25, 0.3) is 0 Å². The summed E-state index contributed by atoms with van der Waals surface area (Å²) in [5.41, 5.74) is 0.754. The lowest BCUT2D eigenvalue weighted by atomic mass is 9.91. The molecule has 1 aliphatic carbocycles. The van der Waals surface area contributed by atoms with E-state index in [0.717, 1.165) is 37.5 Å². The highest BCUT2D eigenvalue weighted by Gasteiger charge is 2.23. The molecule has 0 saturated heterocycles. The van der Waals surface area contributed by atoms with E-state index in [0.29, 0.717) is 0 Å². The first-order valence-electron chi connectivity index (χ1n) is 7.97. The molecule has 130 valence electrons. The maximum absolute atomic E-state index is 12.3. The largest absolute Gasteiger partial charge is 0.224 e. The van der Waals surface area contributed by atoms with Gasteiger partial charge in [0.05, 0.1) is 10.6 Å². The normalized spacial score (nSPS) is 18.7. The zero-order valence-corrected chi connectivity index (χ0v) is 15.3. The summed E-state index contributed by atoms with van der Waals surface area (Å²) in [5, 5.41) is 0. The van der Waals surface area contributed by atoms with Gasteiger partial charge in [-0.15, -0.1) is 0 Å². The van der Waals surface area contributed by atoms with Crippen LogP contribution in [0.25, 0.3) is 0 Å². The molecule has 1 N–H and O–H groups in total. The van der Waals surface area contributed by atoms with Crippen molar-refractivity contribution < 1.29 is 16.8 Å². The van der Waals surface area contributed by atoms with Gasteiger partial charge in [0.2, 0.25) is 10.0 Å². The van der Waals surface area contributed by atoms with Crippen LogP contribution in [-0.4, -0.2) is 28.8 Å². The second-order valence-corrected chi connectivity index (χ2v) is 10.3. The van der Waals surface area contributed by atoms with Crippen molar-refractivity contribution in [1.29, 1.82) is 0 Å². The molecule has 0 aromatic heterocycles. The monoisotopic (exact) mass is 359 g/mol. The van der Waals surface area contributed by atoms with Crippen molar-refractivity contribution in [2.24, 2.45) is 5.92 Å². The van der Waals surface area contributed by atoms with Gasteiger partial charge >= 0.3 is 0 Å². The Labute approximate surface area is 139 Å². The number of rotatable bonds is 6. The number of nitrogens with one attached hydrogen (secondary N) is 1. The second kappa shape index (κ2) is 7.32. The van der Waals surface area contributed by atoms with E-state index in [1.165, 1.54) is 18.6 Å². The number of hydrogen-bond acceptors (Lipinski definition) is 4. The minimum Gasteiger partial charge on any atom is -0.224 e. The van der Waals surface area contributed by atoms with Crippen molar-refractivity contribution >= 4 is 19.9 Å². The fourth-order valence-corrected chi connectivity index (χ4v) is 5.41. The Morgan fingerprint density at radius 1 is 1.04 bits per heavy atom. The summed E-state index contributed by atoms with van der Waals surface area (Å²) in [7, 11) is -6.57. The van der Waals surface area contributed by atoms with Crippen LogP contribution in [0.15, 0.2) is 29.2 Å². The van der Waals surface area contributed by atoms with Gasteiger partial charge in [0.1, 0.15) is 0 Å². The Kier molecular flexibility index (Phi) is 5.86. The number of benzene rings is 1. The lowest BCUT2D eigenvalue weighted by Crippen LogP contribution is -2.32. The van der Waals surface area contributed by atoms with Crippen molar-refractivity contribution in [3.63, 3.8) is 0 Å². The zero-order chi connectivity index (χ0) is 17.1. The molecule has 1 saturated carbocycles. The number of hydrogen-bond donors (Lipinski definition) is 1. The lowest BCUT2D eigenvalue weighted by Gasteiger charge is -2.23. The molecule has 1 atom stereocenters. The van der Waals surface area contributed by atoms with Gasteiger partial charge in [-0.2, -0.15) is 0 Å². The molecule has 1 fully saturated rings. The molecule has 7 heteroatoms. The van der Waals surface area contributed by atoms with E-state index in [2.05, 4.69) is 4.72 Å². The van der Waals surface area contributed by atoms with Crippen LogP contribution in [0.2, 0.25) is 0 Å². The number of sulfone groups is 1. The third kappa shape index (κ3) is 5.58. The van der Waals surface area contributed by atoms with Gasteiger partial charge in [-0.05, 0) is 43.4 Å². The molecule has 0 radical (unpaired) electrons. The van der Waals surface area contributed by atoms with E-state index in [9.17, 15) is 16.8 Å². The third-order valence-corrected chi connectivity index (χ3v) is 7.10. The summed E-state index contributed by atoms with van der Waals surface area (Å²) in [6.45, 7) is 1.77.